The van der Waals surface area contributed by atoms with Crippen molar-refractivity contribution in [1.29, 1.82) is 0 Å². The smallest absolute Gasteiger partial charge is 0.276 e. The molecule has 1 aliphatic rings. The van der Waals surface area contributed by atoms with E-state index in [9.17, 15) is 9.90 Å². The summed E-state index contributed by atoms with van der Waals surface area (Å²) in [6.45, 7) is 2.43. The number of hydrogen-bond acceptors (Lipinski definition) is 4. The standard InChI is InChI=1S/C8H12N4O2/c1-8(14)4-12(5-8)7(13)6-3-11(2)10-9-6/h3,14H,4-5H2,1-2H3. The zero-order valence-electron chi connectivity index (χ0n) is 8.14. The summed E-state index contributed by atoms with van der Waals surface area (Å²) >= 11 is 0. The number of rotatable bonds is 1. The fourth-order valence-corrected chi connectivity index (χ4v) is 1.53. The quantitative estimate of drug-likeness (QED) is 0.626. The second-order valence-corrected chi connectivity index (χ2v) is 3.94. The van der Waals surface area contributed by atoms with Crippen LogP contribution < -0.4 is 0 Å². The predicted molar refractivity (Wildman–Crippen MR) is 47.5 cm³/mol. The highest BCUT2D eigenvalue weighted by Gasteiger charge is 2.40. The minimum Gasteiger partial charge on any atom is -0.386 e. The molecule has 76 valence electrons. The van der Waals surface area contributed by atoms with Crippen LogP contribution in [0, 0.1) is 0 Å². The van der Waals surface area contributed by atoms with Crippen LogP contribution in [0.3, 0.4) is 0 Å². The number of nitrogens with zero attached hydrogens (tertiary/aromatic N) is 4. The van der Waals surface area contributed by atoms with Crippen LogP contribution in [-0.2, 0) is 7.05 Å². The first-order chi connectivity index (χ1) is 6.48. The SMILES string of the molecule is Cn1cc(C(=O)N2CC(C)(O)C2)nn1. The van der Waals surface area contributed by atoms with E-state index in [2.05, 4.69) is 10.3 Å². The van der Waals surface area contributed by atoms with Crippen molar-refractivity contribution in [3.8, 4) is 0 Å². The molecule has 1 amide bonds. The van der Waals surface area contributed by atoms with Gasteiger partial charge in [-0.2, -0.15) is 0 Å². The van der Waals surface area contributed by atoms with Gasteiger partial charge in [0.05, 0.1) is 24.9 Å². The number of aliphatic hydroxyl groups is 1. The first-order valence-corrected chi connectivity index (χ1v) is 4.36. The Hall–Kier alpha value is -1.43. The molecule has 14 heavy (non-hydrogen) atoms. The predicted octanol–water partition coefficient (Wildman–Crippen LogP) is -0.978. The van der Waals surface area contributed by atoms with Crippen LogP contribution >= 0.6 is 0 Å². The van der Waals surface area contributed by atoms with Gasteiger partial charge in [0, 0.05) is 7.05 Å². The van der Waals surface area contributed by atoms with E-state index in [4.69, 9.17) is 0 Å². The fraction of sp³-hybridized carbons (Fsp3) is 0.625. The van der Waals surface area contributed by atoms with Crippen LogP contribution in [-0.4, -0.2) is 49.6 Å². The Balaban J connectivity index is 2.04. The average molecular weight is 196 g/mol. The third-order valence-electron chi connectivity index (χ3n) is 2.17. The highest BCUT2D eigenvalue weighted by atomic mass is 16.3. The lowest BCUT2D eigenvalue weighted by Crippen LogP contribution is -2.61. The summed E-state index contributed by atoms with van der Waals surface area (Å²) in [5.41, 5.74) is -0.416. The van der Waals surface area contributed by atoms with Gasteiger partial charge < -0.3 is 10.0 Å². The molecule has 1 saturated heterocycles. The number of aromatic nitrogens is 3. The topological polar surface area (TPSA) is 71.2 Å². The lowest BCUT2D eigenvalue weighted by atomic mass is 9.97. The molecular weight excluding hydrogens is 184 g/mol. The number of aryl methyl sites for hydroxylation is 1. The molecule has 0 aliphatic carbocycles. The summed E-state index contributed by atoms with van der Waals surface area (Å²) in [5.74, 6) is -0.176. The Morgan fingerprint density at radius 3 is 2.71 bits per heavy atom. The molecule has 1 aromatic rings. The molecule has 0 radical (unpaired) electrons. The maximum absolute atomic E-state index is 11.6. The van der Waals surface area contributed by atoms with Crippen molar-refractivity contribution in [3.05, 3.63) is 11.9 Å². The number of carbonyl (C=O) groups is 1. The van der Waals surface area contributed by atoms with Crippen molar-refractivity contribution in [2.75, 3.05) is 13.1 Å². The summed E-state index contributed by atoms with van der Waals surface area (Å²) in [7, 11) is 1.70. The summed E-state index contributed by atoms with van der Waals surface area (Å²) < 4.78 is 1.48. The molecule has 0 bridgehead atoms. The maximum Gasteiger partial charge on any atom is 0.276 e. The molecule has 1 aromatic heterocycles. The van der Waals surface area contributed by atoms with E-state index in [1.165, 1.54) is 4.68 Å². The summed E-state index contributed by atoms with van der Waals surface area (Å²) in [4.78, 5) is 13.2. The number of hydrogen-bond donors (Lipinski definition) is 1. The lowest BCUT2D eigenvalue weighted by molar-refractivity contribution is -0.0670. The molecule has 0 aromatic carbocycles. The van der Waals surface area contributed by atoms with Crippen molar-refractivity contribution in [2.45, 2.75) is 12.5 Å². The van der Waals surface area contributed by atoms with Gasteiger partial charge in [-0.05, 0) is 6.92 Å². The minimum absolute atomic E-state index is 0.176. The average Bonchev–Trinajstić information content (AvgIpc) is 2.46. The van der Waals surface area contributed by atoms with Crippen molar-refractivity contribution in [1.82, 2.24) is 19.9 Å². The Bertz CT molecular complexity index is 363. The molecule has 0 unspecified atom stereocenters. The van der Waals surface area contributed by atoms with E-state index in [0.717, 1.165) is 0 Å². The zero-order chi connectivity index (χ0) is 10.3. The van der Waals surface area contributed by atoms with Crippen LogP contribution in [0.1, 0.15) is 17.4 Å². The summed E-state index contributed by atoms with van der Waals surface area (Å²) in [6, 6.07) is 0. The van der Waals surface area contributed by atoms with E-state index in [0.29, 0.717) is 18.8 Å². The summed E-state index contributed by atoms with van der Waals surface area (Å²) in [6.07, 6.45) is 1.56. The number of likely N-dealkylation sites (tertiary alicyclic amines) is 1. The molecule has 2 rings (SSSR count). The highest BCUT2D eigenvalue weighted by molar-refractivity contribution is 5.92. The largest absolute Gasteiger partial charge is 0.386 e. The van der Waals surface area contributed by atoms with Gasteiger partial charge in [-0.1, -0.05) is 5.21 Å². The van der Waals surface area contributed by atoms with E-state index < -0.39 is 5.60 Å². The zero-order valence-corrected chi connectivity index (χ0v) is 8.14. The first kappa shape index (κ1) is 9.14. The van der Waals surface area contributed by atoms with Crippen LogP contribution in [0.25, 0.3) is 0 Å². The highest BCUT2D eigenvalue weighted by Crippen LogP contribution is 2.21. The van der Waals surface area contributed by atoms with Gasteiger partial charge in [0.25, 0.3) is 5.91 Å². The second-order valence-electron chi connectivity index (χ2n) is 3.94. The van der Waals surface area contributed by atoms with Crippen LogP contribution in [0.4, 0.5) is 0 Å². The van der Waals surface area contributed by atoms with Crippen molar-refractivity contribution in [2.24, 2.45) is 7.05 Å². The van der Waals surface area contributed by atoms with Gasteiger partial charge in [-0.3, -0.25) is 9.48 Å². The van der Waals surface area contributed by atoms with E-state index in [-0.39, 0.29) is 5.91 Å². The molecule has 2 heterocycles. The minimum atomic E-state index is -0.738. The van der Waals surface area contributed by atoms with Gasteiger partial charge in [-0.15, -0.1) is 5.10 Å². The molecule has 6 nitrogen and oxygen atoms in total. The van der Waals surface area contributed by atoms with Gasteiger partial charge in [0.2, 0.25) is 0 Å². The number of carbonyl (C=O) groups excluding carboxylic acids is 1. The van der Waals surface area contributed by atoms with Gasteiger partial charge >= 0.3 is 0 Å². The molecule has 0 spiro atoms. The third kappa shape index (κ3) is 1.48. The number of β-amino-alcohol motifs (C(OH)–C–C–N with tert-alkyl or cyclic N) is 1. The second kappa shape index (κ2) is 2.78. The normalized spacial score (nSPS) is 19.2. The van der Waals surface area contributed by atoms with E-state index >= 15 is 0 Å². The summed E-state index contributed by atoms with van der Waals surface area (Å²) in [5, 5.41) is 16.8. The van der Waals surface area contributed by atoms with Crippen LogP contribution in [0.2, 0.25) is 0 Å². The third-order valence-corrected chi connectivity index (χ3v) is 2.17. The Kier molecular flexibility index (Phi) is 1.81. The first-order valence-electron chi connectivity index (χ1n) is 4.36. The Morgan fingerprint density at radius 2 is 2.29 bits per heavy atom. The van der Waals surface area contributed by atoms with E-state index in [1.54, 1.807) is 25.1 Å². The number of amides is 1. The fourth-order valence-electron chi connectivity index (χ4n) is 1.53. The van der Waals surface area contributed by atoms with Crippen molar-refractivity contribution >= 4 is 5.91 Å². The molecule has 0 atom stereocenters. The maximum atomic E-state index is 11.6. The van der Waals surface area contributed by atoms with Crippen LogP contribution in [0.15, 0.2) is 6.20 Å². The molecule has 1 aliphatic heterocycles. The Morgan fingerprint density at radius 1 is 1.64 bits per heavy atom. The molecule has 1 fully saturated rings. The van der Waals surface area contributed by atoms with Crippen LogP contribution in [0.5, 0.6) is 0 Å². The van der Waals surface area contributed by atoms with Gasteiger partial charge in [0.15, 0.2) is 5.69 Å². The van der Waals surface area contributed by atoms with Gasteiger partial charge in [0.1, 0.15) is 0 Å². The van der Waals surface area contributed by atoms with E-state index in [1.807, 2.05) is 0 Å². The van der Waals surface area contributed by atoms with Gasteiger partial charge in [-0.25, -0.2) is 0 Å². The molecule has 1 N–H and O–H groups in total. The van der Waals surface area contributed by atoms with Crippen molar-refractivity contribution in [3.63, 3.8) is 0 Å². The Labute approximate surface area is 81.1 Å². The molecular formula is C8H12N4O2. The molecule has 0 saturated carbocycles. The van der Waals surface area contributed by atoms with Crippen molar-refractivity contribution < 1.29 is 9.90 Å². The monoisotopic (exact) mass is 196 g/mol. The lowest BCUT2D eigenvalue weighted by Gasteiger charge is -2.43. The molecule has 6 heteroatoms.